The van der Waals surface area contributed by atoms with Crippen LogP contribution in [0.15, 0.2) is 42.5 Å². The summed E-state index contributed by atoms with van der Waals surface area (Å²) in [5.41, 5.74) is 0. The number of rotatable bonds is 2. The van der Waals surface area contributed by atoms with Crippen molar-refractivity contribution in [3.05, 3.63) is 42.5 Å². The van der Waals surface area contributed by atoms with Crippen LogP contribution in [0.25, 0.3) is 10.8 Å². The lowest BCUT2D eigenvalue weighted by Gasteiger charge is -2.29. The van der Waals surface area contributed by atoms with E-state index in [-0.39, 0.29) is 6.10 Å². The molecule has 0 saturated carbocycles. The van der Waals surface area contributed by atoms with Crippen molar-refractivity contribution >= 4 is 10.8 Å². The summed E-state index contributed by atoms with van der Waals surface area (Å²) in [4.78, 5) is 0. The van der Waals surface area contributed by atoms with Gasteiger partial charge in [-0.3, -0.25) is 0 Å². The maximum Gasteiger partial charge on any atom is 0.127 e. The number of aliphatic hydroxyl groups is 1. The Morgan fingerprint density at radius 1 is 1.11 bits per heavy atom. The fraction of sp³-hybridized carbons (Fsp3) is 0.333. The Labute approximate surface area is 106 Å². The highest BCUT2D eigenvalue weighted by molar-refractivity contribution is 5.88. The minimum atomic E-state index is -0.433. The number of hydrogen-bond acceptors (Lipinski definition) is 3. The van der Waals surface area contributed by atoms with E-state index in [1.807, 2.05) is 24.3 Å². The van der Waals surface area contributed by atoms with E-state index in [0.717, 1.165) is 24.1 Å². The first-order valence-corrected chi connectivity index (χ1v) is 6.38. The number of fused-ring (bicyclic) bond motifs is 1. The fourth-order valence-electron chi connectivity index (χ4n) is 2.42. The van der Waals surface area contributed by atoms with Gasteiger partial charge in [-0.25, -0.2) is 0 Å². The molecule has 0 aliphatic carbocycles. The van der Waals surface area contributed by atoms with Gasteiger partial charge < -0.3 is 15.2 Å². The van der Waals surface area contributed by atoms with E-state index in [1.54, 1.807) is 0 Å². The topological polar surface area (TPSA) is 41.5 Å². The van der Waals surface area contributed by atoms with Crippen molar-refractivity contribution in [1.82, 2.24) is 5.32 Å². The van der Waals surface area contributed by atoms with Crippen LogP contribution in [0.1, 0.15) is 6.42 Å². The first-order chi connectivity index (χ1) is 8.84. The molecule has 0 unspecified atom stereocenters. The molecule has 0 aromatic heterocycles. The molecule has 0 bridgehead atoms. The molecule has 2 atom stereocenters. The lowest BCUT2D eigenvalue weighted by atomic mass is 10.1. The van der Waals surface area contributed by atoms with Crippen molar-refractivity contribution in [1.29, 1.82) is 0 Å². The summed E-state index contributed by atoms with van der Waals surface area (Å²) in [5, 5.41) is 15.3. The van der Waals surface area contributed by atoms with E-state index in [1.165, 1.54) is 5.39 Å². The van der Waals surface area contributed by atoms with Gasteiger partial charge in [0.1, 0.15) is 18.0 Å². The Bertz CT molecular complexity index is 536. The highest BCUT2D eigenvalue weighted by Crippen LogP contribution is 2.27. The Kier molecular flexibility index (Phi) is 3.17. The minimum absolute atomic E-state index is 0.114. The molecular weight excluding hydrogens is 226 g/mol. The molecule has 0 spiro atoms. The van der Waals surface area contributed by atoms with Gasteiger partial charge in [0.15, 0.2) is 0 Å². The van der Waals surface area contributed by atoms with Gasteiger partial charge in [0.25, 0.3) is 0 Å². The van der Waals surface area contributed by atoms with E-state index >= 15 is 0 Å². The number of β-amino-alcohol motifs (C(OH)–C–C–N with tert-alkyl or cyclic N) is 1. The highest BCUT2D eigenvalue weighted by Gasteiger charge is 2.24. The van der Waals surface area contributed by atoms with Crippen molar-refractivity contribution in [3.63, 3.8) is 0 Å². The SMILES string of the molecule is O[C@@H]1CNCC[C@@H]1Oc1cccc2ccccc12. The normalized spacial score (nSPS) is 24.1. The van der Waals surface area contributed by atoms with Crippen LogP contribution in [0.3, 0.4) is 0 Å². The third kappa shape index (κ3) is 2.19. The van der Waals surface area contributed by atoms with Crippen LogP contribution in [0, 0.1) is 0 Å². The van der Waals surface area contributed by atoms with Gasteiger partial charge in [-0.2, -0.15) is 0 Å². The molecule has 1 aliphatic heterocycles. The molecule has 0 radical (unpaired) electrons. The van der Waals surface area contributed by atoms with Crippen LogP contribution in [0.5, 0.6) is 5.75 Å². The molecule has 3 rings (SSSR count). The molecule has 3 nitrogen and oxygen atoms in total. The summed E-state index contributed by atoms with van der Waals surface area (Å²) >= 11 is 0. The standard InChI is InChI=1S/C15H17NO2/c17-13-10-16-9-8-15(13)18-14-7-3-5-11-4-1-2-6-12(11)14/h1-7,13,15-17H,8-10H2/t13-,15+/m1/s1. The Morgan fingerprint density at radius 3 is 2.83 bits per heavy atom. The Morgan fingerprint density at radius 2 is 1.94 bits per heavy atom. The predicted molar refractivity (Wildman–Crippen MR) is 71.9 cm³/mol. The van der Waals surface area contributed by atoms with Crippen LogP contribution < -0.4 is 10.1 Å². The van der Waals surface area contributed by atoms with Crippen LogP contribution >= 0.6 is 0 Å². The van der Waals surface area contributed by atoms with Gasteiger partial charge in [-0.05, 0) is 24.4 Å². The van der Waals surface area contributed by atoms with Gasteiger partial charge in [0.05, 0.1) is 0 Å². The van der Waals surface area contributed by atoms with Crippen LogP contribution in [-0.4, -0.2) is 30.4 Å². The number of nitrogens with one attached hydrogen (secondary N) is 1. The molecule has 1 fully saturated rings. The number of benzene rings is 2. The average molecular weight is 243 g/mol. The van der Waals surface area contributed by atoms with Crippen LogP contribution in [-0.2, 0) is 0 Å². The zero-order chi connectivity index (χ0) is 12.4. The largest absolute Gasteiger partial charge is 0.487 e. The van der Waals surface area contributed by atoms with E-state index < -0.39 is 6.10 Å². The summed E-state index contributed by atoms with van der Waals surface area (Å²) < 4.78 is 5.99. The quantitative estimate of drug-likeness (QED) is 0.847. The Hall–Kier alpha value is -1.58. The lowest BCUT2D eigenvalue weighted by Crippen LogP contribution is -2.46. The second kappa shape index (κ2) is 4.96. The van der Waals surface area contributed by atoms with Crippen LogP contribution in [0.4, 0.5) is 0 Å². The second-order valence-corrected chi connectivity index (χ2v) is 4.69. The van der Waals surface area contributed by atoms with E-state index in [4.69, 9.17) is 4.74 Å². The molecule has 1 saturated heterocycles. The number of aliphatic hydroxyl groups excluding tert-OH is 1. The molecule has 2 aromatic rings. The third-order valence-corrected chi connectivity index (χ3v) is 3.42. The molecule has 2 N–H and O–H groups in total. The summed E-state index contributed by atoms with van der Waals surface area (Å²) in [6, 6.07) is 14.2. The molecule has 18 heavy (non-hydrogen) atoms. The Balaban J connectivity index is 1.90. The number of piperidine rings is 1. The van der Waals surface area contributed by atoms with Crippen LogP contribution in [0.2, 0.25) is 0 Å². The smallest absolute Gasteiger partial charge is 0.127 e. The molecule has 3 heteroatoms. The summed E-state index contributed by atoms with van der Waals surface area (Å²) in [7, 11) is 0. The van der Waals surface area contributed by atoms with Crippen molar-refractivity contribution in [2.75, 3.05) is 13.1 Å². The van der Waals surface area contributed by atoms with Crippen molar-refractivity contribution < 1.29 is 9.84 Å². The van der Waals surface area contributed by atoms with Crippen molar-refractivity contribution in [2.45, 2.75) is 18.6 Å². The zero-order valence-corrected chi connectivity index (χ0v) is 10.2. The molecular formula is C15H17NO2. The van der Waals surface area contributed by atoms with E-state index in [0.29, 0.717) is 6.54 Å². The summed E-state index contributed by atoms with van der Waals surface area (Å²) in [5.74, 6) is 0.860. The maximum atomic E-state index is 9.91. The molecule has 1 heterocycles. The minimum Gasteiger partial charge on any atom is -0.487 e. The monoisotopic (exact) mass is 243 g/mol. The van der Waals surface area contributed by atoms with Gasteiger partial charge in [0, 0.05) is 11.9 Å². The summed E-state index contributed by atoms with van der Waals surface area (Å²) in [6.45, 7) is 1.50. The molecule has 0 amide bonds. The lowest BCUT2D eigenvalue weighted by molar-refractivity contribution is 0.0171. The van der Waals surface area contributed by atoms with Crippen molar-refractivity contribution in [3.8, 4) is 5.75 Å². The highest BCUT2D eigenvalue weighted by atomic mass is 16.5. The number of ether oxygens (including phenoxy) is 1. The zero-order valence-electron chi connectivity index (χ0n) is 10.2. The van der Waals surface area contributed by atoms with Gasteiger partial charge in [-0.15, -0.1) is 0 Å². The first kappa shape index (κ1) is 11.5. The van der Waals surface area contributed by atoms with Gasteiger partial charge in [0.2, 0.25) is 0 Å². The maximum absolute atomic E-state index is 9.91. The predicted octanol–water partition coefficient (Wildman–Crippen LogP) is 1.94. The first-order valence-electron chi connectivity index (χ1n) is 6.38. The van der Waals surface area contributed by atoms with Crippen molar-refractivity contribution in [2.24, 2.45) is 0 Å². The molecule has 2 aromatic carbocycles. The van der Waals surface area contributed by atoms with Gasteiger partial charge >= 0.3 is 0 Å². The van der Waals surface area contributed by atoms with E-state index in [9.17, 15) is 5.11 Å². The molecule has 94 valence electrons. The van der Waals surface area contributed by atoms with E-state index in [2.05, 4.69) is 23.5 Å². The third-order valence-electron chi connectivity index (χ3n) is 3.42. The fourth-order valence-corrected chi connectivity index (χ4v) is 2.42. The molecule has 1 aliphatic rings. The van der Waals surface area contributed by atoms with Gasteiger partial charge in [-0.1, -0.05) is 36.4 Å². The average Bonchev–Trinajstić information content (AvgIpc) is 2.42. The summed E-state index contributed by atoms with van der Waals surface area (Å²) in [6.07, 6.45) is 0.291. The second-order valence-electron chi connectivity index (χ2n) is 4.69. The number of hydrogen-bond donors (Lipinski definition) is 2.